The predicted octanol–water partition coefficient (Wildman–Crippen LogP) is 2.36. The SMILES string of the molecule is COc1nc(N(C)Cc2c(C)noc2C)nc(N(C)Cc2c(C)noc2C)n1. The lowest BCUT2D eigenvalue weighted by atomic mass is 10.2. The van der Waals surface area contributed by atoms with Gasteiger partial charge in [0.25, 0.3) is 0 Å². The maximum atomic E-state index is 5.28. The summed E-state index contributed by atoms with van der Waals surface area (Å²) in [6.45, 7) is 8.72. The van der Waals surface area contributed by atoms with E-state index in [0.29, 0.717) is 25.0 Å². The van der Waals surface area contributed by atoms with Gasteiger partial charge in [0.1, 0.15) is 11.5 Å². The summed E-state index contributed by atoms with van der Waals surface area (Å²) in [6, 6.07) is 0.247. The molecule has 0 atom stereocenters. The second-order valence-corrected chi connectivity index (χ2v) is 6.74. The third-order valence-corrected chi connectivity index (χ3v) is 4.61. The molecule has 0 bridgehead atoms. The van der Waals surface area contributed by atoms with E-state index in [1.54, 1.807) is 0 Å². The Morgan fingerprint density at radius 1 is 0.750 bits per heavy atom. The van der Waals surface area contributed by atoms with Crippen molar-refractivity contribution in [2.24, 2.45) is 0 Å². The highest BCUT2D eigenvalue weighted by atomic mass is 16.5. The van der Waals surface area contributed by atoms with Crippen molar-refractivity contribution < 1.29 is 13.8 Å². The fourth-order valence-corrected chi connectivity index (χ4v) is 2.84. The van der Waals surface area contributed by atoms with E-state index in [9.17, 15) is 0 Å². The lowest BCUT2D eigenvalue weighted by molar-refractivity contribution is 0.378. The van der Waals surface area contributed by atoms with Crippen LogP contribution in [0, 0.1) is 27.7 Å². The molecule has 3 aromatic rings. The number of hydrogen-bond acceptors (Lipinski definition) is 10. The summed E-state index contributed by atoms with van der Waals surface area (Å²) in [6.07, 6.45) is 0. The van der Waals surface area contributed by atoms with Gasteiger partial charge < -0.3 is 23.6 Å². The van der Waals surface area contributed by atoms with Crippen LogP contribution in [0.4, 0.5) is 11.9 Å². The van der Waals surface area contributed by atoms with Gasteiger partial charge in [-0.1, -0.05) is 10.3 Å². The van der Waals surface area contributed by atoms with E-state index < -0.39 is 0 Å². The molecule has 28 heavy (non-hydrogen) atoms. The van der Waals surface area contributed by atoms with Crippen molar-refractivity contribution >= 4 is 11.9 Å². The molecule has 3 rings (SSSR count). The van der Waals surface area contributed by atoms with Gasteiger partial charge in [0.2, 0.25) is 11.9 Å². The normalized spacial score (nSPS) is 11.0. The zero-order chi connectivity index (χ0) is 20.4. The van der Waals surface area contributed by atoms with Gasteiger partial charge >= 0.3 is 6.01 Å². The molecule has 0 amide bonds. The van der Waals surface area contributed by atoms with Crippen LogP contribution in [0.3, 0.4) is 0 Å². The zero-order valence-electron chi connectivity index (χ0n) is 17.3. The summed E-state index contributed by atoms with van der Waals surface area (Å²) in [5.74, 6) is 2.54. The molecule has 0 saturated carbocycles. The number of rotatable bonds is 7. The van der Waals surface area contributed by atoms with Crippen LogP contribution >= 0.6 is 0 Å². The summed E-state index contributed by atoms with van der Waals surface area (Å²) in [5, 5.41) is 8.00. The van der Waals surface area contributed by atoms with Gasteiger partial charge in [0, 0.05) is 25.2 Å². The predicted molar refractivity (Wildman–Crippen MR) is 103 cm³/mol. The summed E-state index contributed by atoms with van der Waals surface area (Å²) >= 11 is 0. The zero-order valence-corrected chi connectivity index (χ0v) is 17.3. The van der Waals surface area contributed by atoms with E-state index in [1.165, 1.54) is 7.11 Å². The van der Waals surface area contributed by atoms with E-state index >= 15 is 0 Å². The van der Waals surface area contributed by atoms with Crippen molar-refractivity contribution in [3.05, 3.63) is 34.0 Å². The fraction of sp³-hybridized carbons (Fsp3) is 0.500. The molecule has 3 heterocycles. The van der Waals surface area contributed by atoms with Crippen molar-refractivity contribution in [2.45, 2.75) is 40.8 Å². The number of methoxy groups -OCH3 is 1. The highest BCUT2D eigenvalue weighted by Gasteiger charge is 2.19. The van der Waals surface area contributed by atoms with E-state index in [2.05, 4.69) is 25.3 Å². The summed E-state index contributed by atoms with van der Waals surface area (Å²) in [4.78, 5) is 17.2. The number of nitrogens with zero attached hydrogens (tertiary/aromatic N) is 7. The van der Waals surface area contributed by atoms with Crippen LogP contribution in [0.25, 0.3) is 0 Å². The minimum atomic E-state index is 0.247. The molecule has 0 aliphatic carbocycles. The summed E-state index contributed by atoms with van der Waals surface area (Å²) < 4.78 is 15.8. The van der Waals surface area contributed by atoms with E-state index in [4.69, 9.17) is 13.8 Å². The quantitative estimate of drug-likeness (QED) is 0.599. The molecular formula is C18H25N7O3. The molecule has 10 heteroatoms. The fourth-order valence-electron chi connectivity index (χ4n) is 2.84. The molecule has 0 unspecified atom stereocenters. The summed E-state index contributed by atoms with van der Waals surface area (Å²) in [5.41, 5.74) is 3.71. The van der Waals surface area contributed by atoms with E-state index in [0.717, 1.165) is 34.0 Å². The van der Waals surface area contributed by atoms with Gasteiger partial charge in [-0.25, -0.2) is 0 Å². The monoisotopic (exact) mass is 387 g/mol. The molecular weight excluding hydrogens is 362 g/mol. The number of anilines is 2. The average Bonchev–Trinajstić information content (AvgIpc) is 3.17. The molecule has 0 fully saturated rings. The minimum absolute atomic E-state index is 0.247. The van der Waals surface area contributed by atoms with Gasteiger partial charge in [0.05, 0.1) is 31.6 Å². The Morgan fingerprint density at radius 2 is 1.18 bits per heavy atom. The van der Waals surface area contributed by atoms with Crippen molar-refractivity contribution in [3.8, 4) is 6.01 Å². The number of aromatic nitrogens is 5. The van der Waals surface area contributed by atoms with Gasteiger partial charge in [0.15, 0.2) is 0 Å². The molecule has 3 aromatic heterocycles. The van der Waals surface area contributed by atoms with Crippen molar-refractivity contribution in [1.29, 1.82) is 0 Å². The molecule has 0 aliphatic heterocycles. The molecule has 0 radical (unpaired) electrons. The first-order valence-corrected chi connectivity index (χ1v) is 8.86. The Bertz CT molecular complexity index is 855. The first-order valence-electron chi connectivity index (χ1n) is 8.86. The van der Waals surface area contributed by atoms with Gasteiger partial charge in [-0.2, -0.15) is 15.0 Å². The van der Waals surface area contributed by atoms with Crippen LogP contribution in [0.5, 0.6) is 6.01 Å². The smallest absolute Gasteiger partial charge is 0.322 e. The third kappa shape index (κ3) is 3.90. The number of hydrogen-bond donors (Lipinski definition) is 0. The third-order valence-electron chi connectivity index (χ3n) is 4.61. The van der Waals surface area contributed by atoms with E-state index in [1.807, 2.05) is 51.6 Å². The highest BCUT2D eigenvalue weighted by molar-refractivity contribution is 5.41. The standard InChI is InChI=1S/C18H25N7O3/c1-10-14(12(3)27-22-10)8-24(5)16-19-17(21-18(20-16)26-7)25(6)9-15-11(2)23-28-13(15)4/h8-9H2,1-7H3. The van der Waals surface area contributed by atoms with Crippen LogP contribution in [0.1, 0.15) is 34.0 Å². The van der Waals surface area contributed by atoms with Crippen LogP contribution in [0.2, 0.25) is 0 Å². The number of aryl methyl sites for hydroxylation is 4. The largest absolute Gasteiger partial charge is 0.467 e. The van der Waals surface area contributed by atoms with Gasteiger partial charge in [-0.3, -0.25) is 0 Å². The van der Waals surface area contributed by atoms with Crippen molar-refractivity contribution in [2.75, 3.05) is 31.0 Å². The molecule has 150 valence electrons. The van der Waals surface area contributed by atoms with Gasteiger partial charge in [-0.15, -0.1) is 0 Å². The highest BCUT2D eigenvalue weighted by Crippen LogP contribution is 2.22. The van der Waals surface area contributed by atoms with Crippen LogP contribution in [-0.2, 0) is 13.1 Å². The molecule has 0 N–H and O–H groups in total. The van der Waals surface area contributed by atoms with Crippen LogP contribution < -0.4 is 14.5 Å². The first kappa shape index (κ1) is 19.6. The molecule has 0 aliphatic rings. The topological polar surface area (TPSA) is 106 Å². The first-order chi connectivity index (χ1) is 13.3. The van der Waals surface area contributed by atoms with Gasteiger partial charge in [-0.05, 0) is 27.7 Å². The second kappa shape index (κ2) is 7.83. The Balaban J connectivity index is 1.87. The second-order valence-electron chi connectivity index (χ2n) is 6.74. The lowest BCUT2D eigenvalue weighted by Crippen LogP contribution is -2.24. The van der Waals surface area contributed by atoms with Crippen molar-refractivity contribution in [3.63, 3.8) is 0 Å². The maximum absolute atomic E-state index is 5.28. The summed E-state index contributed by atoms with van der Waals surface area (Å²) in [7, 11) is 5.34. The Labute approximate surface area is 163 Å². The van der Waals surface area contributed by atoms with Crippen LogP contribution in [-0.4, -0.2) is 46.5 Å². The number of ether oxygens (including phenoxy) is 1. The lowest BCUT2D eigenvalue weighted by Gasteiger charge is -2.21. The van der Waals surface area contributed by atoms with Crippen molar-refractivity contribution in [1.82, 2.24) is 25.3 Å². The minimum Gasteiger partial charge on any atom is -0.467 e. The molecule has 0 aromatic carbocycles. The maximum Gasteiger partial charge on any atom is 0.322 e. The Hall–Kier alpha value is -3.17. The Kier molecular flexibility index (Phi) is 5.48. The molecule has 0 saturated heterocycles. The molecule has 0 spiro atoms. The van der Waals surface area contributed by atoms with Crippen LogP contribution in [0.15, 0.2) is 9.05 Å². The Morgan fingerprint density at radius 3 is 1.50 bits per heavy atom. The van der Waals surface area contributed by atoms with E-state index in [-0.39, 0.29) is 6.01 Å². The molecule has 10 nitrogen and oxygen atoms in total. The average molecular weight is 387 g/mol.